The van der Waals surface area contributed by atoms with Crippen molar-refractivity contribution in [3.05, 3.63) is 113 Å². The number of carbonyl (C=O) groups excluding carboxylic acids is 11. The van der Waals surface area contributed by atoms with Crippen LogP contribution in [-0.4, -0.2) is 188 Å². The number of amides is 9. The third kappa shape index (κ3) is 21.9. The predicted molar refractivity (Wildman–Crippen MR) is 369 cm³/mol. The Labute approximate surface area is 568 Å². The summed E-state index contributed by atoms with van der Waals surface area (Å²) in [5, 5.41) is 16.2. The van der Waals surface area contributed by atoms with E-state index in [1.54, 1.807) is 87.6 Å². The highest BCUT2D eigenvalue weighted by molar-refractivity contribution is 9.09. The van der Waals surface area contributed by atoms with Gasteiger partial charge in [0.05, 0.1) is 43.1 Å². The normalized spacial score (nSPS) is 13.6. The molecule has 7 rings (SSSR count). The molecule has 0 aliphatic carbocycles. The SMILES string of the molecule is C=CCC.CCCCC[C@H](NC(=O)[C@@H](NCCNC(=O)CCOCCNC(=O)CCN1C(=O)C=CC1=O)C(C)C)C(=O)Nc1ccc(COC(=O)N(C)CC)cc1.COC(=O)c1c(C)[nH]c2c(OC(=O)N(C)C)cc3c(c12)[C@H](CBr)CN3C(=O)c1cc2cc(C(C)=O)ccc2[nH]1. The zero-order chi connectivity index (χ0) is 70.8. The number of halogens is 1. The number of nitrogens with zero attached hydrogens (tertiary/aromatic N) is 4. The second-order valence-electron chi connectivity index (χ2n) is 23.4. The number of hydrogen-bond acceptors (Lipinski definition) is 16. The van der Waals surface area contributed by atoms with Crippen molar-refractivity contribution in [1.29, 1.82) is 0 Å². The van der Waals surface area contributed by atoms with Crippen LogP contribution in [0.25, 0.3) is 21.8 Å². The van der Waals surface area contributed by atoms with Crippen molar-refractivity contribution >= 4 is 114 Å². The number of rotatable bonds is 31. The number of aromatic amines is 2. The van der Waals surface area contributed by atoms with Crippen LogP contribution in [-0.2, 0) is 49.6 Å². The van der Waals surface area contributed by atoms with Gasteiger partial charge in [0.15, 0.2) is 11.5 Å². The van der Waals surface area contributed by atoms with Crippen LogP contribution in [0.15, 0.2) is 79.4 Å². The summed E-state index contributed by atoms with van der Waals surface area (Å²) >= 11 is 3.58. The summed E-state index contributed by atoms with van der Waals surface area (Å²) in [5.41, 5.74) is 5.62. The third-order valence-electron chi connectivity index (χ3n) is 15.6. The fourth-order valence-corrected chi connectivity index (χ4v) is 10.7. The summed E-state index contributed by atoms with van der Waals surface area (Å²) < 4.78 is 21.5. The number of aromatic nitrogens is 2. The molecule has 7 N–H and O–H groups in total. The molecule has 5 aromatic rings. The van der Waals surface area contributed by atoms with Crippen molar-refractivity contribution in [1.82, 2.24) is 45.9 Å². The first-order valence-electron chi connectivity index (χ1n) is 32.1. The summed E-state index contributed by atoms with van der Waals surface area (Å²) in [6.07, 6.45) is 7.47. The van der Waals surface area contributed by atoms with Gasteiger partial charge in [0, 0.05) is 136 Å². The van der Waals surface area contributed by atoms with Crippen molar-refractivity contribution in [2.24, 2.45) is 5.92 Å². The number of carbonyl (C=O) groups is 11. The molecule has 3 atom stereocenters. The molecule has 3 aromatic carbocycles. The Morgan fingerprint density at radius 1 is 0.833 bits per heavy atom. The molecule has 96 heavy (non-hydrogen) atoms. The van der Waals surface area contributed by atoms with E-state index in [1.807, 2.05) is 26.8 Å². The number of H-pyrrole nitrogens is 2. The van der Waals surface area contributed by atoms with Crippen LogP contribution in [0.2, 0.25) is 0 Å². The average Bonchev–Trinajstić information content (AvgIpc) is 1.56. The Morgan fingerprint density at radius 3 is 2.12 bits per heavy atom. The highest BCUT2D eigenvalue weighted by Crippen LogP contribution is 2.48. The van der Waals surface area contributed by atoms with Crippen LogP contribution >= 0.6 is 15.9 Å². The second kappa shape index (κ2) is 38.4. The largest absolute Gasteiger partial charge is 0.465 e. The van der Waals surface area contributed by atoms with Gasteiger partial charge in [-0.15, -0.1) is 6.58 Å². The minimum atomic E-state index is -0.751. The summed E-state index contributed by atoms with van der Waals surface area (Å²) in [5.74, 6) is -3.03. The van der Waals surface area contributed by atoms with Gasteiger partial charge in [-0.1, -0.05) is 81.1 Å². The number of aryl methyl sites for hydroxylation is 1. The number of fused-ring (bicyclic) bond motifs is 4. The number of methoxy groups -OCH3 is 1. The number of anilines is 2. The smallest absolute Gasteiger partial charge is 0.414 e. The Morgan fingerprint density at radius 2 is 1.51 bits per heavy atom. The van der Waals surface area contributed by atoms with E-state index in [2.05, 4.69) is 72.9 Å². The highest BCUT2D eigenvalue weighted by Gasteiger charge is 2.39. The quantitative estimate of drug-likeness (QED) is 0.00545. The van der Waals surface area contributed by atoms with Gasteiger partial charge in [-0.3, -0.25) is 43.3 Å². The maximum Gasteiger partial charge on any atom is 0.414 e. The number of benzene rings is 3. The molecule has 0 spiro atoms. The number of unbranched alkanes of at least 4 members (excludes halogenated alkanes) is 2. The lowest BCUT2D eigenvalue weighted by molar-refractivity contribution is -0.137. The number of esters is 1. The lowest BCUT2D eigenvalue weighted by Gasteiger charge is -2.25. The summed E-state index contributed by atoms with van der Waals surface area (Å²) in [6, 6.07) is 14.2. The maximum absolute atomic E-state index is 13.9. The molecule has 0 bridgehead atoms. The number of ether oxygens (including phenoxy) is 4. The van der Waals surface area contributed by atoms with Crippen LogP contribution in [0.5, 0.6) is 5.75 Å². The Hall–Kier alpha value is -9.21. The minimum absolute atomic E-state index is 0.00292. The van der Waals surface area contributed by atoms with Crippen LogP contribution in [0.4, 0.5) is 21.0 Å². The molecular weight excluding hydrogens is 1300 g/mol. The third-order valence-corrected chi connectivity index (χ3v) is 16.4. The summed E-state index contributed by atoms with van der Waals surface area (Å²) in [6.45, 7) is 18.6. The maximum atomic E-state index is 13.9. The molecule has 0 radical (unpaired) electrons. The second-order valence-corrected chi connectivity index (χ2v) is 24.1. The summed E-state index contributed by atoms with van der Waals surface area (Å²) in [7, 11) is 6.10. The molecule has 0 unspecified atom stereocenters. The van der Waals surface area contributed by atoms with E-state index in [9.17, 15) is 52.7 Å². The Kier molecular flexibility index (Phi) is 31.0. The first-order chi connectivity index (χ1) is 45.8. The minimum Gasteiger partial charge on any atom is -0.465 e. The molecule has 0 fully saturated rings. The lowest BCUT2D eigenvalue weighted by Crippen LogP contribution is -2.54. The highest BCUT2D eigenvalue weighted by atomic mass is 79.9. The van der Waals surface area contributed by atoms with Crippen LogP contribution in [0.3, 0.4) is 0 Å². The standard InChI is InChI=1S/C37H57N7O9.C28H27BrN4O6.C4H8/c1-6-8-9-10-29(35(49)41-28-13-11-27(12-14-28)25-53-37(51)43(5)7-2)42-36(50)34(26(3)4)40-20-19-38-31(46)18-23-52-24-21-39-30(45)17-22-44-32(47)15-16-33(44)48;1-13-22(27(36)38-5)24-23-17(11-29)12-33(20(23)10-21(25(24)30-13)39-28(37)32(3)4)26(35)19-9-16-8-15(14(2)34)6-7-18(16)31-19;1-3-4-2/h11-16,26,29,34,40H,6-10,17-25H2,1-5H3,(H,38,46)(H,39,45)(H,41,49)(H,42,50);6-10,17,30-31H,11-12H2,1-5H3;3H,1,4H2,2H3/t29-,34-;17-;/m01./s1. The van der Waals surface area contributed by atoms with Gasteiger partial charge in [0.2, 0.25) is 23.6 Å². The van der Waals surface area contributed by atoms with Crippen molar-refractivity contribution in [2.45, 2.75) is 118 Å². The predicted octanol–water partition coefficient (Wildman–Crippen LogP) is 8.58. The van der Waals surface area contributed by atoms with Gasteiger partial charge in [-0.2, -0.15) is 0 Å². The molecule has 2 aliphatic rings. The van der Waals surface area contributed by atoms with Crippen LogP contribution in [0.1, 0.15) is 140 Å². The molecule has 2 aliphatic heterocycles. The number of alkyl halides is 1. The van der Waals surface area contributed by atoms with Crippen molar-refractivity contribution < 1.29 is 71.7 Å². The van der Waals surface area contributed by atoms with Gasteiger partial charge in [0.25, 0.3) is 17.7 Å². The fraction of sp³-hybridized carbons (Fsp3) is 0.464. The molecule has 2 aromatic heterocycles. The molecule has 27 heteroatoms. The fourth-order valence-electron chi connectivity index (χ4n) is 10.1. The Bertz CT molecular complexity index is 3600. The van der Waals surface area contributed by atoms with Crippen molar-refractivity contribution in [3.63, 3.8) is 0 Å². The topological polar surface area (TPSA) is 329 Å². The molecule has 520 valence electrons. The summed E-state index contributed by atoms with van der Waals surface area (Å²) in [4.78, 5) is 149. The van der Waals surface area contributed by atoms with E-state index in [0.717, 1.165) is 52.6 Å². The van der Waals surface area contributed by atoms with E-state index in [4.69, 9.17) is 18.9 Å². The zero-order valence-corrected chi connectivity index (χ0v) is 58.3. The number of Topliss-reactive ketones (excluding diaryl/α,β-unsaturated/α-hetero) is 1. The molecule has 0 saturated carbocycles. The van der Waals surface area contributed by atoms with E-state index in [0.29, 0.717) is 76.2 Å². The Balaban J connectivity index is 0.000000340. The molecule has 26 nitrogen and oxygen atoms in total. The number of nitrogens with one attached hydrogen (secondary N) is 7. The van der Waals surface area contributed by atoms with Crippen LogP contribution in [0, 0.1) is 12.8 Å². The van der Waals surface area contributed by atoms with Crippen LogP contribution < -0.4 is 36.2 Å². The molecule has 4 heterocycles. The van der Waals surface area contributed by atoms with Gasteiger partial charge in [-0.25, -0.2) is 14.4 Å². The van der Waals surface area contributed by atoms with Gasteiger partial charge in [0.1, 0.15) is 18.3 Å². The van der Waals surface area contributed by atoms with E-state index in [1.165, 1.54) is 36.0 Å². The number of allylic oxidation sites excluding steroid dienone is 1. The number of ketones is 1. The van der Waals surface area contributed by atoms with Gasteiger partial charge < -0.3 is 70.2 Å². The van der Waals surface area contributed by atoms with Gasteiger partial charge in [-0.05, 0) is 87.1 Å². The van der Waals surface area contributed by atoms with E-state index < -0.39 is 42.1 Å². The first-order valence-corrected chi connectivity index (χ1v) is 33.2. The monoisotopic (exact) mass is 1390 g/mol. The number of imide groups is 1. The molecule has 9 amide bonds. The average molecular weight is 1400 g/mol. The lowest BCUT2D eigenvalue weighted by atomic mass is 9.95. The molecule has 0 saturated heterocycles. The molecular formula is C69H92BrN11O15. The van der Waals surface area contributed by atoms with E-state index in [-0.39, 0.29) is 105 Å². The van der Waals surface area contributed by atoms with Crippen molar-refractivity contribution in [3.8, 4) is 5.75 Å². The van der Waals surface area contributed by atoms with Crippen molar-refractivity contribution in [2.75, 3.05) is 96.3 Å². The first kappa shape index (κ1) is 77.5. The van der Waals surface area contributed by atoms with Gasteiger partial charge >= 0.3 is 18.2 Å². The number of hydrogen-bond donors (Lipinski definition) is 7. The zero-order valence-electron chi connectivity index (χ0n) is 56.8. The van der Waals surface area contributed by atoms with E-state index >= 15 is 0 Å².